The molecule has 5 nitrogen and oxygen atoms in total. The molecule has 0 saturated carbocycles. The maximum absolute atomic E-state index is 11.9. The number of carboxylic acids is 1. The third-order valence-corrected chi connectivity index (χ3v) is 3.20. The molecule has 0 saturated heterocycles. The zero-order valence-corrected chi connectivity index (χ0v) is 12.2. The standard InChI is InChI=1S/C15H22N2O3/c1-11(2)13(14(18)19)9-16-15(20)17(3)10-12-7-5-4-6-8-12/h4-8,11,13H,9-10H2,1-3H3,(H,16,20)(H,18,19). The number of hydrogen-bond acceptors (Lipinski definition) is 2. The van der Waals surface area contributed by atoms with Crippen LogP contribution in [0.1, 0.15) is 19.4 Å². The van der Waals surface area contributed by atoms with E-state index >= 15 is 0 Å². The lowest BCUT2D eigenvalue weighted by Gasteiger charge is -2.21. The Morgan fingerprint density at radius 3 is 2.35 bits per heavy atom. The molecule has 0 aromatic heterocycles. The molecule has 1 aromatic rings. The second kappa shape index (κ2) is 7.53. The van der Waals surface area contributed by atoms with Gasteiger partial charge in [-0.3, -0.25) is 4.79 Å². The van der Waals surface area contributed by atoms with Gasteiger partial charge >= 0.3 is 12.0 Å². The van der Waals surface area contributed by atoms with Gasteiger partial charge in [0.25, 0.3) is 0 Å². The SMILES string of the molecule is CC(C)C(CNC(=O)N(C)Cc1ccccc1)C(=O)O. The highest BCUT2D eigenvalue weighted by Crippen LogP contribution is 2.10. The summed E-state index contributed by atoms with van der Waals surface area (Å²) in [6, 6.07) is 9.38. The van der Waals surface area contributed by atoms with Gasteiger partial charge in [0.2, 0.25) is 0 Å². The molecule has 110 valence electrons. The van der Waals surface area contributed by atoms with Gasteiger partial charge in [-0.15, -0.1) is 0 Å². The number of benzene rings is 1. The van der Waals surface area contributed by atoms with E-state index in [-0.39, 0.29) is 18.5 Å². The maximum atomic E-state index is 11.9. The monoisotopic (exact) mass is 278 g/mol. The van der Waals surface area contributed by atoms with Crippen molar-refractivity contribution in [2.75, 3.05) is 13.6 Å². The molecule has 0 aliphatic carbocycles. The minimum absolute atomic E-state index is 0.0211. The van der Waals surface area contributed by atoms with Gasteiger partial charge in [-0.25, -0.2) is 4.79 Å². The van der Waals surface area contributed by atoms with E-state index in [9.17, 15) is 9.59 Å². The predicted octanol–water partition coefficient (Wildman–Crippen LogP) is 2.18. The fourth-order valence-corrected chi connectivity index (χ4v) is 1.87. The number of carbonyl (C=O) groups excluding carboxylic acids is 1. The molecule has 0 aliphatic rings. The average molecular weight is 278 g/mol. The van der Waals surface area contributed by atoms with Crippen molar-refractivity contribution in [1.29, 1.82) is 0 Å². The summed E-state index contributed by atoms with van der Waals surface area (Å²) in [7, 11) is 1.69. The van der Waals surface area contributed by atoms with Gasteiger partial charge in [-0.1, -0.05) is 44.2 Å². The Morgan fingerprint density at radius 1 is 1.25 bits per heavy atom. The lowest BCUT2D eigenvalue weighted by atomic mass is 9.96. The molecule has 1 rings (SSSR count). The number of aliphatic carboxylic acids is 1. The Balaban J connectivity index is 2.48. The van der Waals surface area contributed by atoms with Crippen molar-refractivity contribution in [2.24, 2.45) is 11.8 Å². The lowest BCUT2D eigenvalue weighted by Crippen LogP contribution is -2.41. The van der Waals surface area contributed by atoms with Gasteiger partial charge in [0.15, 0.2) is 0 Å². The first kappa shape index (κ1) is 16.0. The van der Waals surface area contributed by atoms with E-state index in [0.29, 0.717) is 6.54 Å². The summed E-state index contributed by atoms with van der Waals surface area (Å²) < 4.78 is 0. The Hall–Kier alpha value is -2.04. The molecule has 20 heavy (non-hydrogen) atoms. The number of amides is 2. The highest BCUT2D eigenvalue weighted by Gasteiger charge is 2.22. The van der Waals surface area contributed by atoms with Crippen LogP contribution in [0, 0.1) is 11.8 Å². The van der Waals surface area contributed by atoms with Crippen LogP contribution in [-0.2, 0) is 11.3 Å². The zero-order chi connectivity index (χ0) is 15.1. The second-order valence-corrected chi connectivity index (χ2v) is 5.22. The van der Waals surface area contributed by atoms with Crippen LogP contribution in [0.25, 0.3) is 0 Å². The molecule has 1 aromatic carbocycles. The summed E-state index contributed by atoms with van der Waals surface area (Å²) in [5, 5.41) is 11.7. The predicted molar refractivity (Wildman–Crippen MR) is 77.3 cm³/mol. The highest BCUT2D eigenvalue weighted by atomic mass is 16.4. The van der Waals surface area contributed by atoms with Crippen LogP contribution in [0.4, 0.5) is 4.79 Å². The summed E-state index contributed by atoms with van der Waals surface area (Å²) in [6.45, 7) is 4.30. The molecule has 0 radical (unpaired) electrons. The second-order valence-electron chi connectivity index (χ2n) is 5.22. The Bertz CT molecular complexity index is 446. The summed E-state index contributed by atoms with van der Waals surface area (Å²) in [5.74, 6) is -1.47. The number of urea groups is 1. The van der Waals surface area contributed by atoms with Crippen molar-refractivity contribution in [2.45, 2.75) is 20.4 Å². The Kier molecular flexibility index (Phi) is 6.03. The van der Waals surface area contributed by atoms with Gasteiger partial charge in [-0.05, 0) is 11.5 Å². The van der Waals surface area contributed by atoms with E-state index in [0.717, 1.165) is 5.56 Å². The number of rotatable bonds is 6. The van der Waals surface area contributed by atoms with Gasteiger partial charge in [0, 0.05) is 20.1 Å². The first-order chi connectivity index (χ1) is 9.41. The number of nitrogens with one attached hydrogen (secondary N) is 1. The quantitative estimate of drug-likeness (QED) is 0.838. The van der Waals surface area contributed by atoms with Gasteiger partial charge in [-0.2, -0.15) is 0 Å². The largest absolute Gasteiger partial charge is 0.481 e. The Morgan fingerprint density at radius 2 is 1.85 bits per heavy atom. The molecule has 0 aliphatic heterocycles. The fraction of sp³-hybridized carbons (Fsp3) is 0.467. The molecule has 0 heterocycles. The van der Waals surface area contributed by atoms with Crippen molar-refractivity contribution in [3.8, 4) is 0 Å². The molecular formula is C15H22N2O3. The van der Waals surface area contributed by atoms with Crippen LogP contribution in [0.5, 0.6) is 0 Å². The summed E-state index contributed by atoms with van der Waals surface area (Å²) in [5.41, 5.74) is 1.03. The first-order valence-electron chi connectivity index (χ1n) is 6.67. The maximum Gasteiger partial charge on any atom is 0.317 e. The van der Waals surface area contributed by atoms with Crippen molar-refractivity contribution in [3.05, 3.63) is 35.9 Å². The van der Waals surface area contributed by atoms with Crippen LogP contribution in [0.2, 0.25) is 0 Å². The number of carboxylic acid groups (broad SMARTS) is 1. The van der Waals surface area contributed by atoms with E-state index in [1.54, 1.807) is 7.05 Å². The topological polar surface area (TPSA) is 69.6 Å². The molecule has 2 amide bonds. The minimum Gasteiger partial charge on any atom is -0.481 e. The smallest absolute Gasteiger partial charge is 0.317 e. The molecule has 0 spiro atoms. The van der Waals surface area contributed by atoms with E-state index in [2.05, 4.69) is 5.32 Å². The molecule has 5 heteroatoms. The summed E-state index contributed by atoms with van der Waals surface area (Å²) in [6.07, 6.45) is 0. The van der Waals surface area contributed by atoms with Crippen LogP contribution < -0.4 is 5.32 Å². The summed E-state index contributed by atoms with van der Waals surface area (Å²) >= 11 is 0. The molecule has 1 atom stereocenters. The fourth-order valence-electron chi connectivity index (χ4n) is 1.87. The number of carbonyl (C=O) groups is 2. The minimum atomic E-state index is -0.883. The molecule has 0 bridgehead atoms. The van der Waals surface area contributed by atoms with Crippen LogP contribution in [0.3, 0.4) is 0 Å². The normalized spacial score (nSPS) is 12.0. The first-order valence-corrected chi connectivity index (χ1v) is 6.67. The zero-order valence-electron chi connectivity index (χ0n) is 12.2. The van der Waals surface area contributed by atoms with E-state index in [1.165, 1.54) is 4.90 Å². The van der Waals surface area contributed by atoms with E-state index < -0.39 is 11.9 Å². The Labute approximate surface area is 119 Å². The number of nitrogens with zero attached hydrogens (tertiary/aromatic N) is 1. The third-order valence-electron chi connectivity index (χ3n) is 3.20. The van der Waals surface area contributed by atoms with Gasteiger partial charge < -0.3 is 15.3 Å². The average Bonchev–Trinajstić information content (AvgIpc) is 2.38. The molecule has 0 fully saturated rings. The molecular weight excluding hydrogens is 256 g/mol. The van der Waals surface area contributed by atoms with Crippen molar-refractivity contribution in [1.82, 2.24) is 10.2 Å². The third kappa shape index (κ3) is 4.91. The molecule has 1 unspecified atom stereocenters. The molecule has 2 N–H and O–H groups in total. The van der Waals surface area contributed by atoms with Crippen LogP contribution >= 0.6 is 0 Å². The van der Waals surface area contributed by atoms with Crippen LogP contribution in [0.15, 0.2) is 30.3 Å². The highest BCUT2D eigenvalue weighted by molar-refractivity contribution is 5.75. The van der Waals surface area contributed by atoms with E-state index in [4.69, 9.17) is 5.11 Å². The van der Waals surface area contributed by atoms with E-state index in [1.807, 2.05) is 44.2 Å². The van der Waals surface area contributed by atoms with Crippen molar-refractivity contribution >= 4 is 12.0 Å². The van der Waals surface area contributed by atoms with Gasteiger partial charge in [0.05, 0.1) is 5.92 Å². The van der Waals surface area contributed by atoms with Crippen LogP contribution in [-0.4, -0.2) is 35.6 Å². The number of hydrogen-bond donors (Lipinski definition) is 2. The van der Waals surface area contributed by atoms with Gasteiger partial charge in [0.1, 0.15) is 0 Å². The summed E-state index contributed by atoms with van der Waals surface area (Å²) in [4.78, 5) is 24.5. The van der Waals surface area contributed by atoms with Crippen molar-refractivity contribution < 1.29 is 14.7 Å². The van der Waals surface area contributed by atoms with Crippen molar-refractivity contribution in [3.63, 3.8) is 0 Å². The lowest BCUT2D eigenvalue weighted by molar-refractivity contribution is -0.142.